The molecule has 0 bridgehead atoms. The second kappa shape index (κ2) is 4.02. The minimum atomic E-state index is -0.640. The van der Waals surface area contributed by atoms with E-state index in [1.807, 2.05) is 0 Å². The molecule has 5 nitrogen and oxygen atoms in total. The summed E-state index contributed by atoms with van der Waals surface area (Å²) < 4.78 is 5.85. The average Bonchev–Trinajstić information content (AvgIpc) is 2.53. The van der Waals surface area contributed by atoms with Gasteiger partial charge in [0.2, 0.25) is 5.88 Å². The first-order valence-electron chi connectivity index (χ1n) is 4.67. The molecule has 6 heteroatoms. The van der Waals surface area contributed by atoms with Crippen LogP contribution in [-0.2, 0) is 4.74 Å². The van der Waals surface area contributed by atoms with Gasteiger partial charge >= 0.3 is 6.09 Å². The van der Waals surface area contributed by atoms with Crippen LogP contribution in [0.25, 0.3) is 11.0 Å². The van der Waals surface area contributed by atoms with E-state index in [4.69, 9.17) is 16.3 Å². The molecule has 2 aromatic rings. The zero-order chi connectivity index (χ0) is 11.7. The third-order valence-corrected chi connectivity index (χ3v) is 2.27. The van der Waals surface area contributed by atoms with Gasteiger partial charge in [-0.1, -0.05) is 11.6 Å². The van der Waals surface area contributed by atoms with Crippen LogP contribution in [0.1, 0.15) is 6.92 Å². The van der Waals surface area contributed by atoms with Gasteiger partial charge in [0, 0.05) is 6.07 Å². The van der Waals surface area contributed by atoms with Gasteiger partial charge in [-0.15, -0.1) is 0 Å². The van der Waals surface area contributed by atoms with Gasteiger partial charge in [0.25, 0.3) is 0 Å². The number of nitrogens with zero attached hydrogens (tertiary/aromatic N) is 2. The lowest BCUT2D eigenvalue weighted by molar-refractivity contribution is 0.152. The number of halogens is 1. The Morgan fingerprint density at radius 3 is 3.06 bits per heavy atom. The van der Waals surface area contributed by atoms with E-state index in [9.17, 15) is 9.90 Å². The van der Waals surface area contributed by atoms with Gasteiger partial charge in [-0.2, -0.15) is 0 Å². The van der Waals surface area contributed by atoms with E-state index in [2.05, 4.69) is 4.98 Å². The number of fused-ring (bicyclic) bond motifs is 1. The number of hydrogen-bond donors (Lipinski definition) is 1. The number of carbonyl (C=O) groups excluding carboxylic acids is 1. The van der Waals surface area contributed by atoms with Gasteiger partial charge in [-0.05, 0) is 19.1 Å². The molecular weight excluding hydrogens is 232 g/mol. The third-order valence-electron chi connectivity index (χ3n) is 2.05. The molecule has 0 atom stereocenters. The molecule has 16 heavy (non-hydrogen) atoms. The van der Waals surface area contributed by atoms with Crippen LogP contribution in [0.4, 0.5) is 4.79 Å². The smallest absolute Gasteiger partial charge is 0.421 e. The van der Waals surface area contributed by atoms with Crippen LogP contribution in [0.5, 0.6) is 5.88 Å². The fourth-order valence-electron chi connectivity index (χ4n) is 1.43. The first-order valence-corrected chi connectivity index (χ1v) is 5.05. The van der Waals surface area contributed by atoms with Crippen LogP contribution < -0.4 is 0 Å². The molecule has 0 aliphatic heterocycles. The molecular formula is C10H9ClN2O3. The normalized spacial score (nSPS) is 10.6. The fourth-order valence-corrected chi connectivity index (χ4v) is 1.58. The number of hydrogen-bond acceptors (Lipinski definition) is 4. The molecule has 1 N–H and O–H groups in total. The average molecular weight is 241 g/mol. The van der Waals surface area contributed by atoms with Gasteiger partial charge < -0.3 is 9.84 Å². The summed E-state index contributed by atoms with van der Waals surface area (Å²) in [5.41, 5.74) is 0.901. The molecule has 0 amide bonds. The largest absolute Gasteiger partial charge is 0.494 e. The minimum absolute atomic E-state index is 0.219. The predicted molar refractivity (Wildman–Crippen MR) is 58.8 cm³/mol. The van der Waals surface area contributed by atoms with Gasteiger partial charge in [-0.25, -0.2) is 14.3 Å². The Kier molecular flexibility index (Phi) is 2.70. The molecule has 2 aromatic heterocycles. The zero-order valence-electron chi connectivity index (χ0n) is 8.48. The molecule has 0 aliphatic carbocycles. The van der Waals surface area contributed by atoms with Crippen molar-refractivity contribution in [2.75, 3.05) is 6.61 Å². The first kappa shape index (κ1) is 10.8. The molecule has 0 unspecified atom stereocenters. The monoisotopic (exact) mass is 240 g/mol. The zero-order valence-corrected chi connectivity index (χ0v) is 9.23. The van der Waals surface area contributed by atoms with Crippen molar-refractivity contribution in [3.8, 4) is 5.88 Å². The van der Waals surface area contributed by atoms with Crippen LogP contribution in [0.15, 0.2) is 18.2 Å². The molecule has 0 fully saturated rings. The van der Waals surface area contributed by atoms with Crippen LogP contribution in [0.3, 0.4) is 0 Å². The molecule has 0 saturated heterocycles. The molecule has 84 valence electrons. The first-order chi connectivity index (χ1) is 7.63. The lowest BCUT2D eigenvalue weighted by atomic mass is 10.4. The van der Waals surface area contributed by atoms with Gasteiger partial charge in [-0.3, -0.25) is 0 Å². The van der Waals surface area contributed by atoms with Crippen molar-refractivity contribution >= 4 is 28.7 Å². The van der Waals surface area contributed by atoms with E-state index in [0.29, 0.717) is 16.2 Å². The van der Waals surface area contributed by atoms with E-state index in [1.54, 1.807) is 19.1 Å². The number of aromatic hydroxyl groups is 1. The molecule has 0 spiro atoms. The van der Waals surface area contributed by atoms with E-state index in [-0.39, 0.29) is 12.5 Å². The van der Waals surface area contributed by atoms with Crippen LogP contribution in [0.2, 0.25) is 5.15 Å². The second-order valence-electron chi connectivity index (χ2n) is 3.08. The summed E-state index contributed by atoms with van der Waals surface area (Å²) in [6.07, 6.45) is -0.640. The van der Waals surface area contributed by atoms with E-state index in [1.165, 1.54) is 6.07 Å². The molecule has 0 aliphatic rings. The maximum atomic E-state index is 11.5. The quantitative estimate of drug-likeness (QED) is 0.778. The predicted octanol–water partition coefficient (Wildman–Crippen LogP) is 2.40. The maximum Gasteiger partial charge on any atom is 0.421 e. The summed E-state index contributed by atoms with van der Waals surface area (Å²) >= 11 is 5.70. The van der Waals surface area contributed by atoms with Crippen molar-refractivity contribution in [2.24, 2.45) is 0 Å². The third kappa shape index (κ3) is 1.69. The number of aromatic nitrogens is 2. The van der Waals surface area contributed by atoms with Crippen molar-refractivity contribution in [2.45, 2.75) is 6.92 Å². The van der Waals surface area contributed by atoms with Gasteiger partial charge in [0.1, 0.15) is 5.15 Å². The summed E-state index contributed by atoms with van der Waals surface area (Å²) in [5, 5.41) is 9.90. The van der Waals surface area contributed by atoms with Crippen molar-refractivity contribution in [1.29, 1.82) is 0 Å². The lowest BCUT2D eigenvalue weighted by Gasteiger charge is -2.04. The summed E-state index contributed by atoms with van der Waals surface area (Å²) in [5.74, 6) is -0.219. The molecule has 0 aromatic carbocycles. The van der Waals surface area contributed by atoms with Crippen molar-refractivity contribution in [1.82, 2.24) is 9.55 Å². The highest BCUT2D eigenvalue weighted by Crippen LogP contribution is 2.24. The summed E-state index contributed by atoms with van der Waals surface area (Å²) in [4.78, 5) is 15.5. The number of carbonyl (C=O) groups is 1. The highest BCUT2D eigenvalue weighted by atomic mass is 35.5. The van der Waals surface area contributed by atoms with Crippen molar-refractivity contribution < 1.29 is 14.6 Å². The highest BCUT2D eigenvalue weighted by molar-refractivity contribution is 6.29. The Hall–Kier alpha value is -1.75. The fraction of sp³-hybridized carbons (Fsp3) is 0.200. The van der Waals surface area contributed by atoms with E-state index >= 15 is 0 Å². The van der Waals surface area contributed by atoms with Crippen LogP contribution in [-0.4, -0.2) is 27.4 Å². The minimum Gasteiger partial charge on any atom is -0.494 e. The Morgan fingerprint density at radius 1 is 1.62 bits per heavy atom. The number of ether oxygens (including phenoxy) is 1. The maximum absolute atomic E-state index is 11.5. The van der Waals surface area contributed by atoms with E-state index in [0.717, 1.165) is 4.57 Å². The highest BCUT2D eigenvalue weighted by Gasteiger charge is 2.16. The number of pyridine rings is 1. The molecule has 0 radical (unpaired) electrons. The van der Waals surface area contributed by atoms with E-state index < -0.39 is 6.09 Å². The van der Waals surface area contributed by atoms with Gasteiger partial charge in [0.05, 0.1) is 17.6 Å². The Bertz CT molecular complexity index is 550. The van der Waals surface area contributed by atoms with Crippen LogP contribution >= 0.6 is 11.6 Å². The van der Waals surface area contributed by atoms with Gasteiger partial charge in [0.15, 0.2) is 0 Å². The SMILES string of the molecule is CCOC(=O)n1c(O)cc2nc(Cl)ccc21. The lowest BCUT2D eigenvalue weighted by Crippen LogP contribution is -2.12. The van der Waals surface area contributed by atoms with Crippen molar-refractivity contribution in [3.63, 3.8) is 0 Å². The standard InChI is InChI=1S/C10H9ClN2O3/c1-2-16-10(15)13-7-3-4-8(11)12-6(7)5-9(13)14/h3-5,14H,2H2,1H3. The molecule has 2 rings (SSSR count). The summed E-state index contributed by atoms with van der Waals surface area (Å²) in [6, 6.07) is 4.50. The summed E-state index contributed by atoms with van der Waals surface area (Å²) in [7, 11) is 0. The van der Waals surface area contributed by atoms with Crippen LogP contribution in [0, 0.1) is 0 Å². The number of rotatable bonds is 1. The van der Waals surface area contributed by atoms with Crippen molar-refractivity contribution in [3.05, 3.63) is 23.4 Å². The summed E-state index contributed by atoms with van der Waals surface area (Å²) in [6.45, 7) is 1.93. The Balaban J connectivity index is 2.60. The second-order valence-corrected chi connectivity index (χ2v) is 3.46. The molecule has 2 heterocycles. The Labute approximate surface area is 96.2 Å². The molecule has 0 saturated carbocycles. The topological polar surface area (TPSA) is 64.3 Å². The Morgan fingerprint density at radius 2 is 2.38 bits per heavy atom.